The fourth-order valence-corrected chi connectivity index (χ4v) is 4.04. The maximum atomic E-state index is 13.2. The third-order valence-electron chi connectivity index (χ3n) is 4.11. The molecule has 0 aromatic heterocycles. The Morgan fingerprint density at radius 2 is 1.97 bits per heavy atom. The average Bonchev–Trinajstić information content (AvgIpc) is 2.95. The lowest BCUT2D eigenvalue weighted by molar-refractivity contribution is -0.139. The highest BCUT2D eigenvalue weighted by Gasteiger charge is 2.35. The van der Waals surface area contributed by atoms with Crippen molar-refractivity contribution in [3.8, 4) is 11.5 Å². The van der Waals surface area contributed by atoms with Crippen LogP contribution in [0.1, 0.15) is 11.1 Å². The molecule has 2 aromatic rings. The van der Waals surface area contributed by atoms with Gasteiger partial charge in [0, 0.05) is 5.02 Å². The summed E-state index contributed by atoms with van der Waals surface area (Å²) >= 11 is 12.9. The van der Waals surface area contributed by atoms with E-state index in [-0.39, 0.29) is 33.0 Å². The highest BCUT2D eigenvalue weighted by atomic mass is 35.5. The van der Waals surface area contributed by atoms with Gasteiger partial charge < -0.3 is 14.6 Å². The van der Waals surface area contributed by atoms with Crippen molar-refractivity contribution >= 4 is 58.2 Å². The van der Waals surface area contributed by atoms with Gasteiger partial charge in [0.15, 0.2) is 18.1 Å². The van der Waals surface area contributed by atoms with Crippen molar-refractivity contribution in [2.45, 2.75) is 6.54 Å². The second kappa shape index (κ2) is 9.59. The molecule has 0 aliphatic carbocycles. The van der Waals surface area contributed by atoms with Crippen LogP contribution in [0.2, 0.25) is 10.0 Å². The Bertz CT molecular complexity index is 1110. The first-order valence-corrected chi connectivity index (χ1v) is 10.2. The molecule has 0 saturated carbocycles. The number of amides is 2. The van der Waals surface area contributed by atoms with Crippen molar-refractivity contribution in [1.82, 2.24) is 4.90 Å². The van der Waals surface area contributed by atoms with E-state index in [1.165, 1.54) is 37.5 Å². The number of carbonyl (C=O) groups excluding carboxylic acids is 2. The second-order valence-corrected chi connectivity index (χ2v) is 8.03. The maximum absolute atomic E-state index is 13.2. The van der Waals surface area contributed by atoms with Gasteiger partial charge in [0.1, 0.15) is 5.82 Å². The SMILES string of the molecule is COc1cc(/C=C2\SC(=O)N(Cc3ccc(F)cc3Cl)C2=O)cc(Cl)c1OCC(=O)O. The zero-order valence-corrected chi connectivity index (χ0v) is 18.2. The highest BCUT2D eigenvalue weighted by Crippen LogP contribution is 2.39. The molecule has 162 valence electrons. The number of hydrogen-bond acceptors (Lipinski definition) is 6. The summed E-state index contributed by atoms with van der Waals surface area (Å²) in [7, 11) is 1.35. The molecule has 11 heteroatoms. The van der Waals surface area contributed by atoms with Crippen LogP contribution >= 0.6 is 35.0 Å². The largest absolute Gasteiger partial charge is 0.493 e. The molecule has 1 heterocycles. The fourth-order valence-electron chi connectivity index (χ4n) is 2.71. The Kier molecular flexibility index (Phi) is 7.09. The number of halogens is 3. The van der Waals surface area contributed by atoms with Crippen LogP contribution in [0, 0.1) is 5.82 Å². The zero-order valence-electron chi connectivity index (χ0n) is 15.9. The van der Waals surface area contributed by atoms with Crippen LogP contribution in [-0.4, -0.2) is 40.8 Å². The minimum atomic E-state index is -1.18. The number of rotatable bonds is 7. The van der Waals surface area contributed by atoms with Crippen molar-refractivity contribution in [3.05, 3.63) is 62.2 Å². The van der Waals surface area contributed by atoms with E-state index < -0.39 is 29.5 Å². The number of nitrogens with zero attached hydrogens (tertiary/aromatic N) is 1. The maximum Gasteiger partial charge on any atom is 0.341 e. The molecule has 0 atom stereocenters. The summed E-state index contributed by atoms with van der Waals surface area (Å²) in [6.07, 6.45) is 1.45. The number of hydrogen-bond donors (Lipinski definition) is 1. The molecule has 31 heavy (non-hydrogen) atoms. The number of carboxylic acid groups (broad SMARTS) is 1. The Morgan fingerprint density at radius 3 is 2.61 bits per heavy atom. The van der Waals surface area contributed by atoms with Gasteiger partial charge >= 0.3 is 5.97 Å². The topological polar surface area (TPSA) is 93.1 Å². The molecule has 2 aromatic carbocycles. The minimum Gasteiger partial charge on any atom is -0.493 e. The molecule has 1 aliphatic heterocycles. The van der Waals surface area contributed by atoms with Gasteiger partial charge in [-0.15, -0.1) is 0 Å². The van der Waals surface area contributed by atoms with Gasteiger partial charge in [0.2, 0.25) is 0 Å². The lowest BCUT2D eigenvalue weighted by Crippen LogP contribution is -2.27. The summed E-state index contributed by atoms with van der Waals surface area (Å²) in [6.45, 7) is -0.715. The number of imide groups is 1. The molecule has 1 saturated heterocycles. The van der Waals surface area contributed by atoms with Crippen LogP contribution in [0.25, 0.3) is 6.08 Å². The van der Waals surface area contributed by atoms with Crippen molar-refractivity contribution in [2.24, 2.45) is 0 Å². The molecule has 3 rings (SSSR count). The summed E-state index contributed by atoms with van der Waals surface area (Å²) in [6, 6.07) is 6.65. The van der Waals surface area contributed by atoms with Crippen LogP contribution in [0.5, 0.6) is 11.5 Å². The third kappa shape index (κ3) is 5.30. The van der Waals surface area contributed by atoms with Crippen molar-refractivity contribution in [3.63, 3.8) is 0 Å². The second-order valence-electron chi connectivity index (χ2n) is 6.22. The smallest absolute Gasteiger partial charge is 0.341 e. The number of thioether (sulfide) groups is 1. The average molecular weight is 486 g/mol. The van der Waals surface area contributed by atoms with E-state index in [1.54, 1.807) is 0 Å². The Labute approximate surface area is 190 Å². The van der Waals surface area contributed by atoms with E-state index in [1.807, 2.05) is 0 Å². The number of methoxy groups -OCH3 is 1. The molecule has 0 unspecified atom stereocenters. The first-order valence-electron chi connectivity index (χ1n) is 8.61. The van der Waals surface area contributed by atoms with Crippen molar-refractivity contribution in [1.29, 1.82) is 0 Å². The van der Waals surface area contributed by atoms with Gasteiger partial charge in [-0.3, -0.25) is 14.5 Å². The van der Waals surface area contributed by atoms with E-state index in [9.17, 15) is 18.8 Å². The fraction of sp³-hybridized carbons (Fsp3) is 0.150. The summed E-state index contributed by atoms with van der Waals surface area (Å²) in [4.78, 5) is 36.9. The minimum absolute atomic E-state index is 0.0442. The zero-order chi connectivity index (χ0) is 22.7. The molecular formula is C20H14Cl2FNO6S. The van der Waals surface area contributed by atoms with Crippen molar-refractivity contribution in [2.75, 3.05) is 13.7 Å². The van der Waals surface area contributed by atoms with E-state index in [2.05, 4.69) is 0 Å². The Balaban J connectivity index is 1.85. The third-order valence-corrected chi connectivity index (χ3v) is 5.65. The van der Waals surface area contributed by atoms with Gasteiger partial charge in [0.25, 0.3) is 11.1 Å². The molecule has 0 radical (unpaired) electrons. The van der Waals surface area contributed by atoms with Crippen molar-refractivity contribution < 1.29 is 33.4 Å². The van der Waals surface area contributed by atoms with Crippen LogP contribution in [0.4, 0.5) is 9.18 Å². The number of benzene rings is 2. The Morgan fingerprint density at radius 1 is 1.23 bits per heavy atom. The molecular weight excluding hydrogens is 472 g/mol. The Hall–Kier alpha value is -2.75. The summed E-state index contributed by atoms with van der Waals surface area (Å²) < 4.78 is 23.5. The molecule has 1 aliphatic rings. The van der Waals surface area contributed by atoms with E-state index in [0.717, 1.165) is 22.7 Å². The summed E-state index contributed by atoms with van der Waals surface area (Å²) in [5, 5.41) is 8.44. The van der Waals surface area contributed by atoms with Crippen LogP contribution in [-0.2, 0) is 16.1 Å². The number of aliphatic carboxylic acids is 1. The van der Waals surface area contributed by atoms with Gasteiger partial charge in [-0.05, 0) is 53.2 Å². The monoisotopic (exact) mass is 485 g/mol. The standard InChI is InChI=1S/C20H14Cl2FNO6S/c1-29-15-5-10(4-14(22)18(15)30-9-17(25)26)6-16-19(27)24(20(28)31-16)8-11-2-3-12(23)7-13(11)21/h2-7H,8-9H2,1H3,(H,25,26)/b16-6-. The molecule has 2 amide bonds. The number of carbonyl (C=O) groups is 3. The molecule has 0 spiro atoms. The lowest BCUT2D eigenvalue weighted by Gasteiger charge is -2.13. The van der Waals surface area contributed by atoms with Gasteiger partial charge in [-0.2, -0.15) is 0 Å². The first kappa shape index (κ1) is 22.9. The molecule has 1 fully saturated rings. The van der Waals surface area contributed by atoms with Crippen LogP contribution in [0.15, 0.2) is 35.2 Å². The summed E-state index contributed by atoms with van der Waals surface area (Å²) in [5.41, 5.74) is 0.867. The quantitative estimate of drug-likeness (QED) is 0.560. The van der Waals surface area contributed by atoms with Gasteiger partial charge in [-0.1, -0.05) is 29.3 Å². The number of carboxylic acids is 1. The number of ether oxygens (including phenoxy) is 2. The van der Waals surface area contributed by atoms with Gasteiger partial charge in [-0.25, -0.2) is 9.18 Å². The van der Waals surface area contributed by atoms with E-state index in [0.29, 0.717) is 11.1 Å². The van der Waals surface area contributed by atoms with Gasteiger partial charge in [0.05, 0.1) is 23.6 Å². The first-order chi connectivity index (χ1) is 14.7. The summed E-state index contributed by atoms with van der Waals surface area (Å²) in [5.74, 6) is -2.04. The molecule has 1 N–H and O–H groups in total. The predicted octanol–water partition coefficient (Wildman–Crippen LogP) is 4.84. The molecule has 7 nitrogen and oxygen atoms in total. The lowest BCUT2D eigenvalue weighted by atomic mass is 10.1. The predicted molar refractivity (Wildman–Crippen MR) is 114 cm³/mol. The van der Waals surface area contributed by atoms with Crippen LogP contribution < -0.4 is 9.47 Å². The molecule has 0 bridgehead atoms. The highest BCUT2D eigenvalue weighted by molar-refractivity contribution is 8.18. The van der Waals surface area contributed by atoms with E-state index in [4.69, 9.17) is 37.8 Å². The van der Waals surface area contributed by atoms with E-state index >= 15 is 0 Å². The van der Waals surface area contributed by atoms with Crippen LogP contribution in [0.3, 0.4) is 0 Å². The normalized spacial score (nSPS) is 15.0.